The standard InChI is InChI=1S/C27H26ClF2N5O3/c1-15(18-8-19(29)11-20(30)9-18)32-24(36)14-35-13-17-3-2-16(10-22(17)26(35)37)25-23(28)12-31-27(34-25)33-21-4-6-38-7-5-21/h2-3,8-12,15,21H,4-7,13-14H2,1H3,(H,32,36)(H,31,33,34). The minimum Gasteiger partial charge on any atom is -0.381 e. The number of nitrogens with one attached hydrogen (secondary N) is 2. The molecule has 3 aromatic rings. The van der Waals surface area contributed by atoms with Crippen molar-refractivity contribution in [3.63, 3.8) is 0 Å². The summed E-state index contributed by atoms with van der Waals surface area (Å²) >= 11 is 6.41. The van der Waals surface area contributed by atoms with Gasteiger partial charge in [0.25, 0.3) is 5.91 Å². The summed E-state index contributed by atoms with van der Waals surface area (Å²) in [4.78, 5) is 36.1. The summed E-state index contributed by atoms with van der Waals surface area (Å²) in [7, 11) is 0. The number of halogens is 3. The van der Waals surface area contributed by atoms with E-state index in [9.17, 15) is 18.4 Å². The number of amides is 2. The van der Waals surface area contributed by atoms with Crippen LogP contribution >= 0.6 is 11.6 Å². The summed E-state index contributed by atoms with van der Waals surface area (Å²) in [5.41, 5.74) is 2.69. The Morgan fingerprint density at radius 1 is 1.18 bits per heavy atom. The lowest BCUT2D eigenvalue weighted by Crippen LogP contribution is -2.38. The van der Waals surface area contributed by atoms with E-state index in [0.717, 1.165) is 36.6 Å². The number of benzene rings is 2. The molecule has 1 atom stereocenters. The van der Waals surface area contributed by atoms with Crippen molar-refractivity contribution < 1.29 is 23.1 Å². The van der Waals surface area contributed by atoms with Crippen molar-refractivity contribution >= 4 is 29.4 Å². The van der Waals surface area contributed by atoms with E-state index < -0.39 is 23.6 Å². The zero-order valence-corrected chi connectivity index (χ0v) is 21.4. The molecule has 2 aliphatic rings. The smallest absolute Gasteiger partial charge is 0.254 e. The highest BCUT2D eigenvalue weighted by Gasteiger charge is 2.30. The molecule has 1 aromatic heterocycles. The molecule has 2 N–H and O–H groups in total. The second-order valence-electron chi connectivity index (χ2n) is 9.45. The molecule has 5 rings (SSSR count). The monoisotopic (exact) mass is 541 g/mol. The predicted molar refractivity (Wildman–Crippen MR) is 138 cm³/mol. The Balaban J connectivity index is 1.27. The van der Waals surface area contributed by atoms with Gasteiger partial charge in [-0.25, -0.2) is 18.7 Å². The first-order valence-corrected chi connectivity index (χ1v) is 12.7. The molecule has 38 heavy (non-hydrogen) atoms. The molecule has 1 saturated heterocycles. The van der Waals surface area contributed by atoms with Crippen LogP contribution < -0.4 is 10.6 Å². The maximum atomic E-state index is 13.5. The van der Waals surface area contributed by atoms with Gasteiger partial charge in [0.05, 0.1) is 23.0 Å². The van der Waals surface area contributed by atoms with Crippen molar-refractivity contribution in [2.75, 3.05) is 25.1 Å². The third-order valence-electron chi connectivity index (χ3n) is 6.66. The highest BCUT2D eigenvalue weighted by molar-refractivity contribution is 6.33. The Hall–Kier alpha value is -3.63. The van der Waals surface area contributed by atoms with Gasteiger partial charge < -0.3 is 20.3 Å². The van der Waals surface area contributed by atoms with Crippen molar-refractivity contribution in [1.29, 1.82) is 0 Å². The zero-order chi connectivity index (χ0) is 26.8. The van der Waals surface area contributed by atoms with E-state index >= 15 is 0 Å². The number of hydrogen-bond acceptors (Lipinski definition) is 6. The summed E-state index contributed by atoms with van der Waals surface area (Å²) < 4.78 is 32.5. The maximum Gasteiger partial charge on any atom is 0.254 e. The third-order valence-corrected chi connectivity index (χ3v) is 6.93. The quantitative estimate of drug-likeness (QED) is 0.457. The molecule has 0 bridgehead atoms. The molecular formula is C27H26ClF2N5O3. The van der Waals surface area contributed by atoms with Crippen molar-refractivity contribution in [3.05, 3.63) is 75.9 Å². The maximum absolute atomic E-state index is 13.5. The lowest BCUT2D eigenvalue weighted by Gasteiger charge is -2.23. The van der Waals surface area contributed by atoms with Crippen LogP contribution in [0.5, 0.6) is 0 Å². The van der Waals surface area contributed by atoms with Gasteiger partial charge in [-0.05, 0) is 49.1 Å². The molecule has 3 heterocycles. The fourth-order valence-electron chi connectivity index (χ4n) is 4.67. The summed E-state index contributed by atoms with van der Waals surface area (Å²) in [5.74, 6) is -1.73. The van der Waals surface area contributed by atoms with Gasteiger partial charge in [-0.2, -0.15) is 0 Å². The molecule has 8 nitrogen and oxygen atoms in total. The SMILES string of the molecule is CC(NC(=O)CN1Cc2ccc(-c3nc(NC4CCOCC4)ncc3Cl)cc2C1=O)c1cc(F)cc(F)c1. The molecule has 2 aliphatic heterocycles. The summed E-state index contributed by atoms with van der Waals surface area (Å²) in [6.45, 7) is 3.05. The normalized spacial score (nSPS) is 16.3. The molecule has 198 valence electrons. The first-order valence-electron chi connectivity index (χ1n) is 12.3. The van der Waals surface area contributed by atoms with E-state index in [1.54, 1.807) is 13.0 Å². The predicted octanol–water partition coefficient (Wildman–Crippen LogP) is 4.50. The number of anilines is 1. The lowest BCUT2D eigenvalue weighted by atomic mass is 10.0. The van der Waals surface area contributed by atoms with Gasteiger partial charge in [0.15, 0.2) is 0 Å². The minimum absolute atomic E-state index is 0.196. The summed E-state index contributed by atoms with van der Waals surface area (Å²) in [6.07, 6.45) is 3.24. The van der Waals surface area contributed by atoms with Crippen molar-refractivity contribution in [1.82, 2.24) is 20.2 Å². The van der Waals surface area contributed by atoms with E-state index in [-0.39, 0.29) is 25.0 Å². The number of carbonyl (C=O) groups is 2. The van der Waals surface area contributed by atoms with Crippen LogP contribution in [-0.2, 0) is 16.1 Å². The zero-order valence-electron chi connectivity index (χ0n) is 20.6. The minimum atomic E-state index is -0.725. The van der Waals surface area contributed by atoms with Crippen LogP contribution in [0.15, 0.2) is 42.6 Å². The van der Waals surface area contributed by atoms with Gasteiger partial charge in [0.1, 0.15) is 18.2 Å². The Kier molecular flexibility index (Phi) is 7.53. The number of ether oxygens (including phenoxy) is 1. The summed E-state index contributed by atoms with van der Waals surface area (Å²) in [6, 6.07) is 8.05. The van der Waals surface area contributed by atoms with Crippen LogP contribution in [0.2, 0.25) is 5.02 Å². The fourth-order valence-corrected chi connectivity index (χ4v) is 4.87. The molecule has 0 aliphatic carbocycles. The van der Waals surface area contributed by atoms with Crippen LogP contribution in [0.3, 0.4) is 0 Å². The third kappa shape index (κ3) is 5.76. The van der Waals surface area contributed by atoms with Gasteiger partial charge in [-0.3, -0.25) is 9.59 Å². The highest BCUT2D eigenvalue weighted by atomic mass is 35.5. The fraction of sp³-hybridized carbons (Fsp3) is 0.333. The van der Waals surface area contributed by atoms with Gasteiger partial charge in [-0.1, -0.05) is 23.7 Å². The number of hydrogen-bond donors (Lipinski definition) is 2. The molecule has 2 amide bonds. The number of fused-ring (bicyclic) bond motifs is 1. The lowest BCUT2D eigenvalue weighted by molar-refractivity contribution is -0.122. The van der Waals surface area contributed by atoms with Crippen LogP contribution in [0.1, 0.15) is 47.3 Å². The average Bonchev–Trinajstić information content (AvgIpc) is 3.19. The van der Waals surface area contributed by atoms with Gasteiger partial charge >= 0.3 is 0 Å². The average molecular weight is 542 g/mol. The topological polar surface area (TPSA) is 96.5 Å². The molecule has 0 spiro atoms. The van der Waals surface area contributed by atoms with E-state index in [1.165, 1.54) is 11.1 Å². The van der Waals surface area contributed by atoms with E-state index in [2.05, 4.69) is 20.6 Å². The van der Waals surface area contributed by atoms with Crippen LogP contribution in [-0.4, -0.2) is 52.5 Å². The van der Waals surface area contributed by atoms with E-state index in [0.29, 0.717) is 46.6 Å². The molecule has 2 aromatic carbocycles. The Morgan fingerprint density at radius 2 is 1.92 bits per heavy atom. The molecule has 1 unspecified atom stereocenters. The number of rotatable bonds is 7. The van der Waals surface area contributed by atoms with E-state index in [4.69, 9.17) is 16.3 Å². The Morgan fingerprint density at radius 3 is 2.66 bits per heavy atom. The second kappa shape index (κ2) is 11.0. The number of aromatic nitrogens is 2. The largest absolute Gasteiger partial charge is 0.381 e. The van der Waals surface area contributed by atoms with Crippen molar-refractivity contribution in [2.45, 2.75) is 38.4 Å². The van der Waals surface area contributed by atoms with Crippen LogP contribution in [0, 0.1) is 11.6 Å². The first kappa shape index (κ1) is 26.0. The molecule has 1 fully saturated rings. The number of nitrogens with zero attached hydrogens (tertiary/aromatic N) is 3. The van der Waals surface area contributed by atoms with Crippen molar-refractivity contribution in [3.8, 4) is 11.3 Å². The molecular weight excluding hydrogens is 516 g/mol. The Bertz CT molecular complexity index is 1360. The van der Waals surface area contributed by atoms with E-state index in [1.807, 2.05) is 12.1 Å². The number of carbonyl (C=O) groups excluding carboxylic acids is 2. The van der Waals surface area contributed by atoms with Crippen molar-refractivity contribution in [2.24, 2.45) is 0 Å². The summed E-state index contributed by atoms with van der Waals surface area (Å²) in [5, 5.41) is 6.37. The Labute approximate surface area is 223 Å². The van der Waals surface area contributed by atoms with Crippen LogP contribution in [0.25, 0.3) is 11.3 Å². The molecule has 0 radical (unpaired) electrons. The van der Waals surface area contributed by atoms with Gasteiger partial charge in [0, 0.05) is 43.0 Å². The molecule has 0 saturated carbocycles. The highest BCUT2D eigenvalue weighted by Crippen LogP contribution is 2.31. The van der Waals surface area contributed by atoms with Gasteiger partial charge in [-0.15, -0.1) is 0 Å². The van der Waals surface area contributed by atoms with Gasteiger partial charge in [0.2, 0.25) is 11.9 Å². The first-order chi connectivity index (χ1) is 18.3. The second-order valence-corrected chi connectivity index (χ2v) is 9.85. The van der Waals surface area contributed by atoms with Crippen LogP contribution in [0.4, 0.5) is 14.7 Å². The molecule has 11 heteroatoms.